The van der Waals surface area contributed by atoms with E-state index >= 15 is 0 Å². The van der Waals surface area contributed by atoms with Gasteiger partial charge in [0.05, 0.1) is 19.4 Å². The van der Waals surface area contributed by atoms with Crippen LogP contribution in [0.25, 0.3) is 0 Å². The predicted octanol–water partition coefficient (Wildman–Crippen LogP) is 2.87. The van der Waals surface area contributed by atoms with Gasteiger partial charge in [-0.1, -0.05) is 0 Å². The summed E-state index contributed by atoms with van der Waals surface area (Å²) in [6.07, 6.45) is 4.95. The zero-order valence-corrected chi connectivity index (χ0v) is 18.8. The van der Waals surface area contributed by atoms with Crippen molar-refractivity contribution in [3.8, 4) is 17.2 Å². The summed E-state index contributed by atoms with van der Waals surface area (Å²) in [4.78, 5) is 31.2. The zero-order valence-electron chi connectivity index (χ0n) is 18.8. The van der Waals surface area contributed by atoms with Crippen molar-refractivity contribution in [2.24, 2.45) is 7.05 Å². The molecule has 1 aromatic carbocycles. The van der Waals surface area contributed by atoms with Crippen LogP contribution in [0.3, 0.4) is 0 Å². The Bertz CT molecular complexity index is 1180. The number of ether oxygens (including phenoxy) is 3. The van der Waals surface area contributed by atoms with Gasteiger partial charge in [0, 0.05) is 50.5 Å². The molecular weight excluding hydrogens is 438 g/mol. The molecule has 3 aromatic rings. The van der Waals surface area contributed by atoms with Crippen molar-refractivity contribution in [1.82, 2.24) is 19.7 Å². The molecule has 2 saturated heterocycles. The number of benzene rings is 1. The molecule has 1 atom stereocenters. The lowest BCUT2D eigenvalue weighted by atomic mass is 10.1. The summed E-state index contributed by atoms with van der Waals surface area (Å²) in [5, 5.41) is 6.95. The lowest BCUT2D eigenvalue weighted by molar-refractivity contribution is 0.0645. The number of carbonyl (C=O) groups excluding carboxylic acids is 2. The molecule has 2 aliphatic heterocycles. The van der Waals surface area contributed by atoms with E-state index in [1.165, 1.54) is 6.20 Å². The van der Waals surface area contributed by atoms with Crippen molar-refractivity contribution in [3.63, 3.8) is 0 Å². The highest BCUT2D eigenvalue weighted by Gasteiger charge is 2.23. The number of aryl methyl sites for hydroxylation is 1. The van der Waals surface area contributed by atoms with Crippen LogP contribution in [0.2, 0.25) is 0 Å². The van der Waals surface area contributed by atoms with Crippen molar-refractivity contribution in [1.29, 1.82) is 0 Å². The van der Waals surface area contributed by atoms with Gasteiger partial charge in [0.2, 0.25) is 0 Å². The van der Waals surface area contributed by atoms with Crippen LogP contribution in [0.4, 0.5) is 5.82 Å². The number of hydrogen-bond donors (Lipinski definition) is 1. The summed E-state index contributed by atoms with van der Waals surface area (Å²) >= 11 is 0. The number of nitrogens with one attached hydrogen (secondary N) is 1. The van der Waals surface area contributed by atoms with Crippen LogP contribution in [0.1, 0.15) is 33.7 Å². The number of amides is 2. The van der Waals surface area contributed by atoms with Crippen molar-refractivity contribution in [2.75, 3.05) is 31.6 Å². The number of pyridine rings is 1. The quantitative estimate of drug-likeness (QED) is 0.574. The molecule has 1 N–H and O–H groups in total. The second kappa shape index (κ2) is 9.52. The van der Waals surface area contributed by atoms with Crippen LogP contribution >= 0.6 is 0 Å². The molecule has 0 saturated carbocycles. The Morgan fingerprint density at radius 1 is 1.12 bits per heavy atom. The lowest BCUT2D eigenvalue weighted by Crippen LogP contribution is -2.42. The maximum atomic E-state index is 12.9. The topological polar surface area (TPSA) is 108 Å². The van der Waals surface area contributed by atoms with Crippen LogP contribution < -0.4 is 14.8 Å². The first-order valence-corrected chi connectivity index (χ1v) is 11.2. The van der Waals surface area contributed by atoms with Gasteiger partial charge in [-0.15, -0.1) is 0 Å². The molecule has 10 nitrogen and oxygen atoms in total. The van der Waals surface area contributed by atoms with Crippen molar-refractivity contribution in [2.45, 2.75) is 18.9 Å². The third-order valence-corrected chi connectivity index (χ3v) is 5.62. The van der Waals surface area contributed by atoms with E-state index in [9.17, 15) is 9.59 Å². The van der Waals surface area contributed by atoms with Crippen molar-refractivity contribution in [3.05, 3.63) is 60.0 Å². The van der Waals surface area contributed by atoms with Gasteiger partial charge in [0.25, 0.3) is 11.8 Å². The molecule has 0 aliphatic carbocycles. The molecule has 2 aliphatic rings. The molecule has 0 spiro atoms. The number of aromatic nitrogens is 3. The molecule has 176 valence electrons. The molecule has 0 unspecified atom stereocenters. The Morgan fingerprint density at radius 3 is 2.62 bits per heavy atom. The van der Waals surface area contributed by atoms with Crippen molar-refractivity contribution < 1.29 is 23.8 Å². The van der Waals surface area contributed by atoms with E-state index in [4.69, 9.17) is 14.2 Å². The lowest BCUT2D eigenvalue weighted by Gasteiger charge is -2.30. The van der Waals surface area contributed by atoms with E-state index in [2.05, 4.69) is 15.4 Å². The standard InChI is InChI=1S/C24H25N5O5/c1-28-9-5-22(27-28)26-23(30)16-11-19(13-20(12-16)34-18-6-10-32-15-18)33-17-3-4-21(25-14-17)24(31)29-7-2-8-29/h3-5,9,11-14,18H,2,6-8,10,15H2,1H3,(H,26,27,30)/t18-/m0/s1. The van der Waals surface area contributed by atoms with Gasteiger partial charge in [-0.25, -0.2) is 4.98 Å². The van der Waals surface area contributed by atoms with Gasteiger partial charge in [-0.2, -0.15) is 5.10 Å². The van der Waals surface area contributed by atoms with E-state index in [0.29, 0.717) is 47.5 Å². The summed E-state index contributed by atoms with van der Waals surface area (Å²) in [5.74, 6) is 1.36. The molecule has 2 fully saturated rings. The Labute approximate surface area is 196 Å². The van der Waals surface area contributed by atoms with Crippen LogP contribution in [-0.2, 0) is 11.8 Å². The van der Waals surface area contributed by atoms with Crippen LogP contribution in [-0.4, -0.2) is 63.9 Å². The summed E-state index contributed by atoms with van der Waals surface area (Å²) < 4.78 is 19.0. The number of rotatable bonds is 7. The minimum atomic E-state index is -0.342. The first-order valence-electron chi connectivity index (χ1n) is 11.2. The maximum absolute atomic E-state index is 12.9. The smallest absolute Gasteiger partial charge is 0.272 e. The molecule has 0 radical (unpaired) electrons. The summed E-state index contributed by atoms with van der Waals surface area (Å²) in [6, 6.07) is 10.0. The molecule has 2 amide bonds. The zero-order chi connectivity index (χ0) is 23.5. The third kappa shape index (κ3) is 5.01. The minimum absolute atomic E-state index is 0.0829. The highest BCUT2D eigenvalue weighted by atomic mass is 16.5. The SMILES string of the molecule is Cn1ccc(NC(=O)c2cc(Oc3ccc(C(=O)N4CCC4)nc3)cc(O[C@H]3CCOC3)c2)n1. The van der Waals surface area contributed by atoms with E-state index in [-0.39, 0.29) is 17.9 Å². The number of hydrogen-bond acceptors (Lipinski definition) is 7. The van der Waals surface area contributed by atoms with Gasteiger partial charge in [-0.05, 0) is 30.7 Å². The fraction of sp³-hybridized carbons (Fsp3) is 0.333. The van der Waals surface area contributed by atoms with E-state index < -0.39 is 0 Å². The molecule has 2 aromatic heterocycles. The highest BCUT2D eigenvalue weighted by Crippen LogP contribution is 2.29. The van der Waals surface area contributed by atoms with E-state index in [1.54, 1.807) is 59.2 Å². The molecular formula is C24H25N5O5. The molecule has 5 rings (SSSR count). The average Bonchev–Trinajstić information content (AvgIpc) is 3.44. The van der Waals surface area contributed by atoms with Crippen LogP contribution in [0.15, 0.2) is 48.8 Å². The Balaban J connectivity index is 1.35. The average molecular weight is 463 g/mol. The summed E-state index contributed by atoms with van der Waals surface area (Å²) in [6.45, 7) is 2.67. The first kappa shape index (κ1) is 21.9. The third-order valence-electron chi connectivity index (χ3n) is 5.62. The number of carbonyl (C=O) groups is 2. The highest BCUT2D eigenvalue weighted by molar-refractivity contribution is 6.04. The Hall–Kier alpha value is -3.92. The van der Waals surface area contributed by atoms with Gasteiger partial charge in [0.15, 0.2) is 5.82 Å². The van der Waals surface area contributed by atoms with Gasteiger partial charge >= 0.3 is 0 Å². The first-order chi connectivity index (χ1) is 16.5. The second-order valence-electron chi connectivity index (χ2n) is 8.25. The maximum Gasteiger partial charge on any atom is 0.272 e. The van der Waals surface area contributed by atoms with Crippen molar-refractivity contribution >= 4 is 17.6 Å². The second-order valence-corrected chi connectivity index (χ2v) is 8.25. The van der Waals surface area contributed by atoms with E-state index in [1.807, 2.05) is 0 Å². The van der Waals surface area contributed by atoms with Gasteiger partial charge in [-0.3, -0.25) is 14.3 Å². The molecule has 4 heterocycles. The largest absolute Gasteiger partial charge is 0.488 e. The number of anilines is 1. The Kier molecular flexibility index (Phi) is 6.13. The normalized spacial score (nSPS) is 17.2. The monoisotopic (exact) mass is 463 g/mol. The van der Waals surface area contributed by atoms with Crippen LogP contribution in [0.5, 0.6) is 17.2 Å². The van der Waals surface area contributed by atoms with E-state index in [0.717, 1.165) is 25.9 Å². The number of likely N-dealkylation sites (tertiary alicyclic amines) is 1. The van der Waals surface area contributed by atoms with Gasteiger partial charge in [0.1, 0.15) is 29.0 Å². The number of nitrogens with zero attached hydrogens (tertiary/aromatic N) is 4. The molecule has 10 heteroatoms. The fourth-order valence-electron chi connectivity index (χ4n) is 3.68. The fourth-order valence-corrected chi connectivity index (χ4v) is 3.68. The summed E-state index contributed by atoms with van der Waals surface area (Å²) in [7, 11) is 1.77. The minimum Gasteiger partial charge on any atom is -0.488 e. The van der Waals surface area contributed by atoms with Crippen LogP contribution in [0, 0.1) is 0 Å². The Morgan fingerprint density at radius 2 is 1.97 bits per heavy atom. The molecule has 0 bridgehead atoms. The summed E-state index contributed by atoms with van der Waals surface area (Å²) in [5.41, 5.74) is 0.732. The van der Waals surface area contributed by atoms with Gasteiger partial charge < -0.3 is 24.4 Å². The molecule has 34 heavy (non-hydrogen) atoms. The predicted molar refractivity (Wildman–Crippen MR) is 122 cm³/mol.